The maximum absolute atomic E-state index is 5.49. The van der Waals surface area contributed by atoms with Crippen LogP contribution in [0.2, 0.25) is 0 Å². The van der Waals surface area contributed by atoms with Crippen molar-refractivity contribution in [2.45, 2.75) is 57.0 Å². The topological polar surface area (TPSA) is 15.7 Å². The van der Waals surface area contributed by atoms with E-state index >= 15 is 0 Å². The number of nitrogens with zero attached hydrogens (tertiary/aromatic N) is 2. The third-order valence-electron chi connectivity index (χ3n) is 6.81. The zero-order valence-electron chi connectivity index (χ0n) is 16.3. The Morgan fingerprint density at radius 1 is 1.00 bits per heavy atom. The van der Waals surface area contributed by atoms with Gasteiger partial charge in [0.2, 0.25) is 0 Å². The molecule has 3 fully saturated rings. The minimum Gasteiger partial charge on any atom is -0.496 e. The molecule has 1 aromatic rings. The first-order valence-electron chi connectivity index (χ1n) is 10.6. The number of hydrogen-bond donors (Lipinski definition) is 0. The molecular weight excluding hydrogens is 320 g/mol. The summed E-state index contributed by atoms with van der Waals surface area (Å²) in [5, 5.41) is 0. The van der Waals surface area contributed by atoms with Gasteiger partial charge in [-0.05, 0) is 44.2 Å². The van der Waals surface area contributed by atoms with Gasteiger partial charge in [-0.2, -0.15) is 0 Å². The lowest BCUT2D eigenvalue weighted by atomic mass is 9.78. The minimum atomic E-state index is 0.772. The SMILES string of the molecule is COc1ccccc1/C=C/CN1CCN2CCC[C@@H]2[C@H]1C1CCCCC1. The normalized spacial score (nSPS) is 28.5. The van der Waals surface area contributed by atoms with E-state index in [1.807, 2.05) is 12.1 Å². The number of rotatable bonds is 5. The molecule has 2 heterocycles. The molecule has 2 saturated heterocycles. The number of methoxy groups -OCH3 is 1. The molecule has 0 N–H and O–H groups in total. The van der Waals surface area contributed by atoms with Crippen LogP contribution in [0, 0.1) is 5.92 Å². The average molecular weight is 355 g/mol. The van der Waals surface area contributed by atoms with Crippen molar-refractivity contribution in [1.82, 2.24) is 9.80 Å². The van der Waals surface area contributed by atoms with Crippen LogP contribution in [0.25, 0.3) is 6.08 Å². The summed E-state index contributed by atoms with van der Waals surface area (Å²) < 4.78 is 5.49. The Labute approximate surface area is 159 Å². The number of hydrogen-bond acceptors (Lipinski definition) is 3. The Balaban J connectivity index is 1.47. The van der Waals surface area contributed by atoms with E-state index in [0.29, 0.717) is 0 Å². The second-order valence-electron chi connectivity index (χ2n) is 8.27. The van der Waals surface area contributed by atoms with Crippen molar-refractivity contribution in [2.75, 3.05) is 33.3 Å². The first kappa shape index (κ1) is 18.1. The number of ether oxygens (including phenoxy) is 1. The molecule has 0 spiro atoms. The smallest absolute Gasteiger partial charge is 0.126 e. The maximum atomic E-state index is 5.49. The Bertz CT molecular complexity index is 608. The van der Waals surface area contributed by atoms with Gasteiger partial charge in [0.25, 0.3) is 0 Å². The van der Waals surface area contributed by atoms with Crippen molar-refractivity contribution in [1.29, 1.82) is 0 Å². The zero-order valence-corrected chi connectivity index (χ0v) is 16.3. The Hall–Kier alpha value is -1.32. The molecule has 2 atom stereocenters. The third-order valence-corrected chi connectivity index (χ3v) is 6.81. The van der Waals surface area contributed by atoms with Crippen molar-refractivity contribution in [3.63, 3.8) is 0 Å². The van der Waals surface area contributed by atoms with Crippen LogP contribution in [0.5, 0.6) is 5.75 Å². The minimum absolute atomic E-state index is 0.772. The number of fused-ring (bicyclic) bond motifs is 1. The largest absolute Gasteiger partial charge is 0.496 e. The lowest BCUT2D eigenvalue weighted by molar-refractivity contribution is 0.00831. The summed E-state index contributed by atoms with van der Waals surface area (Å²) in [4.78, 5) is 5.59. The monoisotopic (exact) mass is 354 g/mol. The van der Waals surface area contributed by atoms with Gasteiger partial charge in [0.05, 0.1) is 7.11 Å². The van der Waals surface area contributed by atoms with E-state index in [1.165, 1.54) is 70.1 Å². The van der Waals surface area contributed by atoms with E-state index in [9.17, 15) is 0 Å². The van der Waals surface area contributed by atoms with Gasteiger partial charge >= 0.3 is 0 Å². The van der Waals surface area contributed by atoms with Gasteiger partial charge in [0.1, 0.15) is 5.75 Å². The van der Waals surface area contributed by atoms with Crippen LogP contribution in [0.15, 0.2) is 30.3 Å². The number of piperazine rings is 1. The van der Waals surface area contributed by atoms with E-state index in [1.54, 1.807) is 7.11 Å². The molecule has 2 aliphatic heterocycles. The molecule has 1 aromatic carbocycles. The molecule has 0 unspecified atom stereocenters. The van der Waals surface area contributed by atoms with Crippen LogP contribution >= 0.6 is 0 Å². The van der Waals surface area contributed by atoms with Crippen molar-refractivity contribution < 1.29 is 4.74 Å². The number of benzene rings is 1. The first-order chi connectivity index (χ1) is 12.9. The molecule has 0 aromatic heterocycles. The molecule has 1 aliphatic carbocycles. The van der Waals surface area contributed by atoms with Crippen LogP contribution in [0.1, 0.15) is 50.5 Å². The van der Waals surface area contributed by atoms with E-state index < -0.39 is 0 Å². The maximum Gasteiger partial charge on any atom is 0.126 e. The molecule has 4 rings (SSSR count). The van der Waals surface area contributed by atoms with Crippen molar-refractivity contribution in [3.8, 4) is 5.75 Å². The highest BCUT2D eigenvalue weighted by Crippen LogP contribution is 2.37. The van der Waals surface area contributed by atoms with E-state index in [0.717, 1.165) is 30.3 Å². The van der Waals surface area contributed by atoms with E-state index in [2.05, 4.69) is 34.1 Å². The van der Waals surface area contributed by atoms with Gasteiger partial charge in [0, 0.05) is 37.3 Å². The average Bonchev–Trinajstić information content (AvgIpc) is 3.17. The number of para-hydroxylation sites is 1. The summed E-state index contributed by atoms with van der Waals surface area (Å²) in [6.07, 6.45) is 14.6. The summed E-state index contributed by atoms with van der Waals surface area (Å²) in [6.45, 7) is 4.90. The highest BCUT2D eigenvalue weighted by atomic mass is 16.5. The molecule has 0 bridgehead atoms. The summed E-state index contributed by atoms with van der Waals surface area (Å²) in [5.41, 5.74) is 1.18. The van der Waals surface area contributed by atoms with E-state index in [-0.39, 0.29) is 0 Å². The zero-order chi connectivity index (χ0) is 17.8. The lowest BCUT2D eigenvalue weighted by Crippen LogP contribution is -2.60. The summed E-state index contributed by atoms with van der Waals surface area (Å²) >= 11 is 0. The highest BCUT2D eigenvalue weighted by Gasteiger charge is 2.42. The van der Waals surface area contributed by atoms with Gasteiger partial charge < -0.3 is 4.74 Å². The predicted molar refractivity (Wildman–Crippen MR) is 109 cm³/mol. The molecule has 0 amide bonds. The van der Waals surface area contributed by atoms with Crippen LogP contribution in [0.4, 0.5) is 0 Å². The van der Waals surface area contributed by atoms with Crippen molar-refractivity contribution >= 4 is 6.08 Å². The Kier molecular flexibility index (Phi) is 5.96. The van der Waals surface area contributed by atoms with Crippen LogP contribution < -0.4 is 4.74 Å². The van der Waals surface area contributed by atoms with Crippen molar-refractivity contribution in [2.24, 2.45) is 5.92 Å². The van der Waals surface area contributed by atoms with Gasteiger partial charge in [-0.15, -0.1) is 0 Å². The summed E-state index contributed by atoms with van der Waals surface area (Å²) in [6, 6.07) is 9.89. The van der Waals surface area contributed by atoms with Crippen molar-refractivity contribution in [3.05, 3.63) is 35.9 Å². The molecule has 1 saturated carbocycles. The fourth-order valence-corrected chi connectivity index (χ4v) is 5.59. The fourth-order valence-electron chi connectivity index (χ4n) is 5.59. The quantitative estimate of drug-likeness (QED) is 0.777. The van der Waals surface area contributed by atoms with Gasteiger partial charge in [-0.1, -0.05) is 49.6 Å². The molecule has 142 valence electrons. The van der Waals surface area contributed by atoms with Crippen LogP contribution in [0.3, 0.4) is 0 Å². The highest BCUT2D eigenvalue weighted by molar-refractivity contribution is 5.57. The predicted octanol–water partition coefficient (Wildman–Crippen LogP) is 4.44. The first-order valence-corrected chi connectivity index (χ1v) is 10.6. The van der Waals surface area contributed by atoms with Gasteiger partial charge in [-0.3, -0.25) is 9.80 Å². The fraction of sp³-hybridized carbons (Fsp3) is 0.652. The molecular formula is C23H34N2O. The molecule has 3 aliphatic rings. The standard InChI is InChI=1S/C23H34N2O/c1-26-22-14-6-5-9-19(22)12-7-16-25-18-17-24-15-8-13-21(24)23(25)20-10-3-2-4-11-20/h5-7,9,12,14,20-21,23H,2-4,8,10-11,13,15-18H2,1H3/b12-7+/t21-,23-/m1/s1. The molecule has 26 heavy (non-hydrogen) atoms. The molecule has 3 nitrogen and oxygen atoms in total. The Morgan fingerprint density at radius 3 is 2.69 bits per heavy atom. The lowest BCUT2D eigenvalue weighted by Gasteiger charge is -2.49. The third kappa shape index (κ3) is 3.84. The summed E-state index contributed by atoms with van der Waals surface area (Å²) in [7, 11) is 1.76. The van der Waals surface area contributed by atoms with E-state index in [4.69, 9.17) is 4.74 Å². The molecule has 3 heteroatoms. The van der Waals surface area contributed by atoms with Crippen LogP contribution in [-0.2, 0) is 0 Å². The van der Waals surface area contributed by atoms with Gasteiger partial charge in [-0.25, -0.2) is 0 Å². The van der Waals surface area contributed by atoms with Gasteiger partial charge in [0.15, 0.2) is 0 Å². The van der Waals surface area contributed by atoms with Crippen LogP contribution in [-0.4, -0.2) is 55.2 Å². The molecule has 0 radical (unpaired) electrons. The Morgan fingerprint density at radius 2 is 1.85 bits per heavy atom. The second-order valence-corrected chi connectivity index (χ2v) is 8.27. The second kappa shape index (κ2) is 8.58. The summed E-state index contributed by atoms with van der Waals surface area (Å²) in [5.74, 6) is 1.88.